The SMILES string of the molecule is COc1c(Cl)ccc(Cl)c1C(=O)N1CCNC(=O)C1c1ccc(C)cc1. The van der Waals surface area contributed by atoms with Crippen molar-refractivity contribution in [3.63, 3.8) is 0 Å². The van der Waals surface area contributed by atoms with E-state index < -0.39 is 11.9 Å². The van der Waals surface area contributed by atoms with Crippen molar-refractivity contribution in [2.75, 3.05) is 20.2 Å². The van der Waals surface area contributed by atoms with Gasteiger partial charge >= 0.3 is 0 Å². The molecule has 2 aromatic rings. The van der Waals surface area contributed by atoms with Crippen LogP contribution in [-0.2, 0) is 4.79 Å². The highest BCUT2D eigenvalue weighted by Crippen LogP contribution is 2.36. The van der Waals surface area contributed by atoms with E-state index in [1.807, 2.05) is 31.2 Å². The van der Waals surface area contributed by atoms with Crippen LogP contribution in [0, 0.1) is 6.92 Å². The van der Waals surface area contributed by atoms with Crippen molar-refractivity contribution in [2.24, 2.45) is 0 Å². The van der Waals surface area contributed by atoms with E-state index in [0.717, 1.165) is 11.1 Å². The highest BCUT2D eigenvalue weighted by atomic mass is 35.5. The number of piperazine rings is 1. The van der Waals surface area contributed by atoms with Crippen molar-refractivity contribution in [1.29, 1.82) is 0 Å². The van der Waals surface area contributed by atoms with Gasteiger partial charge in [0.05, 0.1) is 17.2 Å². The summed E-state index contributed by atoms with van der Waals surface area (Å²) >= 11 is 12.4. The molecule has 0 radical (unpaired) electrons. The maximum absolute atomic E-state index is 13.3. The summed E-state index contributed by atoms with van der Waals surface area (Å²) in [6, 6.07) is 9.89. The van der Waals surface area contributed by atoms with Crippen molar-refractivity contribution in [2.45, 2.75) is 13.0 Å². The normalized spacial score (nSPS) is 17.0. The van der Waals surface area contributed by atoms with E-state index in [1.54, 1.807) is 12.1 Å². The molecule has 1 N–H and O–H groups in total. The van der Waals surface area contributed by atoms with Crippen LogP contribution >= 0.6 is 23.2 Å². The first-order chi connectivity index (χ1) is 12.4. The third-order valence-corrected chi connectivity index (χ3v) is 4.96. The Kier molecular flexibility index (Phi) is 5.39. The lowest BCUT2D eigenvalue weighted by atomic mass is 10.00. The molecule has 0 spiro atoms. The van der Waals surface area contributed by atoms with E-state index in [1.165, 1.54) is 12.0 Å². The van der Waals surface area contributed by atoms with Crippen molar-refractivity contribution in [3.05, 3.63) is 63.1 Å². The fraction of sp³-hybridized carbons (Fsp3) is 0.263. The van der Waals surface area contributed by atoms with E-state index >= 15 is 0 Å². The van der Waals surface area contributed by atoms with Crippen molar-refractivity contribution >= 4 is 35.0 Å². The summed E-state index contributed by atoms with van der Waals surface area (Å²) < 4.78 is 5.29. The van der Waals surface area contributed by atoms with Crippen LogP contribution in [0.4, 0.5) is 0 Å². The third-order valence-electron chi connectivity index (χ3n) is 4.34. The van der Waals surface area contributed by atoms with Crippen LogP contribution in [0.3, 0.4) is 0 Å². The molecule has 0 saturated carbocycles. The van der Waals surface area contributed by atoms with Crippen LogP contribution in [0.2, 0.25) is 10.0 Å². The monoisotopic (exact) mass is 392 g/mol. The number of hydrogen-bond donors (Lipinski definition) is 1. The molecule has 0 aromatic heterocycles. The zero-order valence-electron chi connectivity index (χ0n) is 14.4. The van der Waals surface area contributed by atoms with E-state index in [2.05, 4.69) is 5.32 Å². The highest BCUT2D eigenvalue weighted by molar-refractivity contribution is 6.37. The maximum Gasteiger partial charge on any atom is 0.260 e. The summed E-state index contributed by atoms with van der Waals surface area (Å²) in [5.74, 6) is -0.418. The van der Waals surface area contributed by atoms with Crippen LogP contribution in [0.1, 0.15) is 27.5 Å². The van der Waals surface area contributed by atoms with Crippen LogP contribution in [0.25, 0.3) is 0 Å². The zero-order chi connectivity index (χ0) is 18.8. The Morgan fingerprint density at radius 2 is 1.81 bits per heavy atom. The van der Waals surface area contributed by atoms with Gasteiger partial charge in [0.1, 0.15) is 11.6 Å². The number of aryl methyl sites for hydroxylation is 1. The van der Waals surface area contributed by atoms with Gasteiger partial charge in [-0.1, -0.05) is 53.0 Å². The van der Waals surface area contributed by atoms with E-state index in [-0.39, 0.29) is 27.3 Å². The lowest BCUT2D eigenvalue weighted by molar-refractivity contribution is -0.128. The molecular weight excluding hydrogens is 375 g/mol. The van der Waals surface area contributed by atoms with Gasteiger partial charge in [-0.2, -0.15) is 0 Å². The molecule has 26 heavy (non-hydrogen) atoms. The van der Waals surface area contributed by atoms with Gasteiger partial charge in [0, 0.05) is 13.1 Å². The summed E-state index contributed by atoms with van der Waals surface area (Å²) in [4.78, 5) is 27.3. The number of nitrogens with zero attached hydrogens (tertiary/aromatic N) is 1. The summed E-state index contributed by atoms with van der Waals surface area (Å²) in [6.45, 7) is 2.69. The van der Waals surface area contributed by atoms with Gasteiger partial charge < -0.3 is 15.0 Å². The molecule has 0 aliphatic carbocycles. The summed E-state index contributed by atoms with van der Waals surface area (Å²) in [5, 5.41) is 3.33. The van der Waals surface area contributed by atoms with Gasteiger partial charge in [-0.05, 0) is 24.6 Å². The Bertz CT molecular complexity index is 853. The number of amides is 2. The lowest BCUT2D eigenvalue weighted by Crippen LogP contribution is -2.52. The van der Waals surface area contributed by atoms with Gasteiger partial charge in [0.15, 0.2) is 5.75 Å². The summed E-state index contributed by atoms with van der Waals surface area (Å²) in [6.07, 6.45) is 0. The number of hydrogen-bond acceptors (Lipinski definition) is 3. The number of benzene rings is 2. The molecule has 3 rings (SSSR count). The van der Waals surface area contributed by atoms with Crippen LogP contribution < -0.4 is 10.1 Å². The minimum absolute atomic E-state index is 0.161. The fourth-order valence-electron chi connectivity index (χ4n) is 3.04. The smallest absolute Gasteiger partial charge is 0.260 e. The summed E-state index contributed by atoms with van der Waals surface area (Å²) in [7, 11) is 1.43. The molecule has 1 aliphatic rings. The first kappa shape index (κ1) is 18.5. The third kappa shape index (κ3) is 3.37. The number of carbonyl (C=O) groups excluding carboxylic acids is 2. The molecule has 136 valence electrons. The van der Waals surface area contributed by atoms with E-state index in [9.17, 15) is 9.59 Å². The van der Waals surface area contributed by atoms with Gasteiger partial charge in [-0.25, -0.2) is 0 Å². The molecule has 1 unspecified atom stereocenters. The largest absolute Gasteiger partial charge is 0.494 e. The molecule has 2 amide bonds. The number of rotatable bonds is 3. The Morgan fingerprint density at radius 1 is 1.15 bits per heavy atom. The number of methoxy groups -OCH3 is 1. The second kappa shape index (κ2) is 7.56. The molecular formula is C19H18Cl2N2O3. The van der Waals surface area contributed by atoms with Crippen molar-refractivity contribution < 1.29 is 14.3 Å². The Morgan fingerprint density at radius 3 is 2.46 bits per heavy atom. The molecule has 1 fully saturated rings. The minimum atomic E-state index is -0.739. The molecule has 1 atom stereocenters. The second-order valence-corrected chi connectivity index (χ2v) is 6.85. The Labute approximate surface area is 161 Å². The topological polar surface area (TPSA) is 58.6 Å². The van der Waals surface area contributed by atoms with Crippen LogP contribution in [0.5, 0.6) is 5.75 Å². The molecule has 7 heteroatoms. The molecule has 2 aromatic carbocycles. The predicted molar refractivity (Wildman–Crippen MR) is 101 cm³/mol. The average molecular weight is 393 g/mol. The average Bonchev–Trinajstić information content (AvgIpc) is 2.63. The minimum Gasteiger partial charge on any atom is -0.494 e. The van der Waals surface area contributed by atoms with Gasteiger partial charge in [0.25, 0.3) is 5.91 Å². The molecule has 1 saturated heterocycles. The standard InChI is InChI=1S/C19H18Cl2N2O3/c1-11-3-5-12(6-4-11)16-18(24)22-9-10-23(16)19(25)15-13(20)7-8-14(21)17(15)26-2/h3-8,16H,9-10H2,1-2H3,(H,22,24). The van der Waals surface area contributed by atoms with E-state index in [0.29, 0.717) is 13.1 Å². The molecule has 1 heterocycles. The predicted octanol–water partition coefficient (Wildman–Crippen LogP) is 3.62. The zero-order valence-corrected chi connectivity index (χ0v) is 15.9. The number of nitrogens with one attached hydrogen (secondary N) is 1. The van der Waals surface area contributed by atoms with Gasteiger partial charge in [0.2, 0.25) is 5.91 Å². The number of carbonyl (C=O) groups is 2. The Balaban J connectivity index is 2.06. The lowest BCUT2D eigenvalue weighted by Gasteiger charge is -2.35. The fourth-order valence-corrected chi connectivity index (χ4v) is 3.51. The quantitative estimate of drug-likeness (QED) is 0.867. The first-order valence-corrected chi connectivity index (χ1v) is 8.87. The Hall–Kier alpha value is -2.24. The number of ether oxygens (including phenoxy) is 1. The highest BCUT2D eigenvalue weighted by Gasteiger charge is 2.36. The van der Waals surface area contributed by atoms with Crippen molar-refractivity contribution in [3.8, 4) is 5.75 Å². The van der Waals surface area contributed by atoms with Gasteiger partial charge in [-0.15, -0.1) is 0 Å². The summed E-state index contributed by atoms with van der Waals surface area (Å²) in [5.41, 5.74) is 1.97. The maximum atomic E-state index is 13.3. The van der Waals surface area contributed by atoms with Gasteiger partial charge in [-0.3, -0.25) is 9.59 Å². The molecule has 0 bridgehead atoms. The second-order valence-electron chi connectivity index (χ2n) is 6.04. The first-order valence-electron chi connectivity index (χ1n) is 8.11. The molecule has 1 aliphatic heterocycles. The van der Waals surface area contributed by atoms with E-state index in [4.69, 9.17) is 27.9 Å². The van der Waals surface area contributed by atoms with Crippen LogP contribution in [-0.4, -0.2) is 36.9 Å². The number of halogens is 2. The van der Waals surface area contributed by atoms with Crippen LogP contribution in [0.15, 0.2) is 36.4 Å². The molecule has 5 nitrogen and oxygen atoms in total. The van der Waals surface area contributed by atoms with Crippen molar-refractivity contribution in [1.82, 2.24) is 10.2 Å².